The summed E-state index contributed by atoms with van der Waals surface area (Å²) in [6, 6.07) is 6.23. The van der Waals surface area contributed by atoms with Gasteiger partial charge in [-0.1, -0.05) is 25.1 Å². The minimum Gasteiger partial charge on any atom is -0.434 e. The van der Waals surface area contributed by atoms with Crippen LogP contribution in [0.2, 0.25) is 0 Å². The first-order valence-corrected chi connectivity index (χ1v) is 6.63. The molecule has 4 nitrogen and oxygen atoms in total. The SMILES string of the molecule is CC(CCO)CNC(=O)/C=C/c1ccccc1OC(F)F. The summed E-state index contributed by atoms with van der Waals surface area (Å²) in [6.07, 6.45) is 3.29. The molecule has 1 aromatic rings. The molecule has 1 rings (SSSR count). The lowest BCUT2D eigenvalue weighted by Gasteiger charge is -2.10. The number of rotatable bonds is 8. The highest BCUT2D eigenvalue weighted by Gasteiger charge is 2.07. The standard InChI is InChI=1S/C15H19F2NO3/c1-11(8-9-19)10-18-14(20)7-6-12-4-2-3-5-13(12)21-15(16)17/h2-7,11,15,19H,8-10H2,1H3,(H,18,20)/b7-6+. The van der Waals surface area contributed by atoms with Gasteiger partial charge in [-0.3, -0.25) is 4.79 Å². The average Bonchev–Trinajstić information content (AvgIpc) is 2.44. The Balaban J connectivity index is 2.57. The van der Waals surface area contributed by atoms with Gasteiger partial charge < -0.3 is 15.2 Å². The van der Waals surface area contributed by atoms with Crippen molar-refractivity contribution in [2.75, 3.05) is 13.2 Å². The van der Waals surface area contributed by atoms with Gasteiger partial charge in [-0.15, -0.1) is 0 Å². The van der Waals surface area contributed by atoms with Crippen molar-refractivity contribution in [2.24, 2.45) is 5.92 Å². The van der Waals surface area contributed by atoms with Gasteiger partial charge in [0.1, 0.15) is 5.75 Å². The number of alkyl halides is 2. The zero-order chi connectivity index (χ0) is 15.7. The molecule has 2 N–H and O–H groups in total. The zero-order valence-electron chi connectivity index (χ0n) is 11.8. The Morgan fingerprint density at radius 3 is 2.81 bits per heavy atom. The maximum atomic E-state index is 12.2. The molecule has 0 heterocycles. The average molecular weight is 299 g/mol. The van der Waals surface area contributed by atoms with Crippen LogP contribution in [0.4, 0.5) is 8.78 Å². The number of para-hydroxylation sites is 1. The van der Waals surface area contributed by atoms with Gasteiger partial charge in [-0.2, -0.15) is 8.78 Å². The summed E-state index contributed by atoms with van der Waals surface area (Å²) in [5.74, 6) is -0.140. The Morgan fingerprint density at radius 1 is 1.43 bits per heavy atom. The Hall–Kier alpha value is -1.95. The molecule has 1 unspecified atom stereocenters. The lowest BCUT2D eigenvalue weighted by molar-refractivity contribution is -0.116. The Labute approximate surface area is 122 Å². The fourth-order valence-corrected chi connectivity index (χ4v) is 1.64. The number of amides is 1. The Morgan fingerprint density at radius 2 is 2.14 bits per heavy atom. The van der Waals surface area contributed by atoms with Crippen LogP contribution < -0.4 is 10.1 Å². The van der Waals surface area contributed by atoms with Crippen LogP contribution in [-0.4, -0.2) is 30.8 Å². The second kappa shape index (κ2) is 9.07. The monoisotopic (exact) mass is 299 g/mol. The van der Waals surface area contributed by atoms with E-state index in [0.29, 0.717) is 18.5 Å². The number of aliphatic hydroxyl groups is 1. The maximum absolute atomic E-state index is 12.2. The molecule has 0 spiro atoms. The third-order valence-electron chi connectivity index (χ3n) is 2.80. The molecule has 0 saturated carbocycles. The van der Waals surface area contributed by atoms with E-state index in [1.165, 1.54) is 18.2 Å². The van der Waals surface area contributed by atoms with Crippen molar-refractivity contribution in [3.05, 3.63) is 35.9 Å². The van der Waals surface area contributed by atoms with Crippen LogP contribution in [0.5, 0.6) is 5.75 Å². The van der Waals surface area contributed by atoms with Gasteiger partial charge >= 0.3 is 6.61 Å². The van der Waals surface area contributed by atoms with Crippen LogP contribution in [0.1, 0.15) is 18.9 Å². The largest absolute Gasteiger partial charge is 0.434 e. The predicted octanol–water partition coefficient (Wildman–Crippen LogP) is 2.44. The number of carbonyl (C=O) groups is 1. The molecule has 0 radical (unpaired) electrons. The summed E-state index contributed by atoms with van der Waals surface area (Å²) in [7, 11) is 0. The number of carbonyl (C=O) groups excluding carboxylic acids is 1. The van der Waals surface area contributed by atoms with Crippen molar-refractivity contribution in [1.82, 2.24) is 5.32 Å². The third kappa shape index (κ3) is 6.85. The first kappa shape index (κ1) is 17.1. The van der Waals surface area contributed by atoms with E-state index < -0.39 is 6.61 Å². The smallest absolute Gasteiger partial charge is 0.387 e. The van der Waals surface area contributed by atoms with E-state index in [9.17, 15) is 13.6 Å². The molecule has 1 amide bonds. The van der Waals surface area contributed by atoms with Gasteiger partial charge in [-0.05, 0) is 24.5 Å². The number of hydrogen-bond acceptors (Lipinski definition) is 3. The van der Waals surface area contributed by atoms with Gasteiger partial charge in [0.25, 0.3) is 0 Å². The maximum Gasteiger partial charge on any atom is 0.387 e. The second-order valence-corrected chi connectivity index (χ2v) is 4.61. The quantitative estimate of drug-likeness (QED) is 0.725. The minimum absolute atomic E-state index is 0.0187. The van der Waals surface area contributed by atoms with Gasteiger partial charge in [0.05, 0.1) is 0 Å². The summed E-state index contributed by atoms with van der Waals surface area (Å²) in [4.78, 5) is 11.6. The first-order valence-electron chi connectivity index (χ1n) is 6.63. The molecule has 0 saturated heterocycles. The molecule has 1 atom stereocenters. The summed E-state index contributed by atoms with van der Waals surface area (Å²) >= 11 is 0. The molecule has 0 aliphatic carbocycles. The van der Waals surface area contributed by atoms with Gasteiger partial charge in [0, 0.05) is 24.8 Å². The fraction of sp³-hybridized carbons (Fsp3) is 0.400. The highest BCUT2D eigenvalue weighted by atomic mass is 19.3. The lowest BCUT2D eigenvalue weighted by atomic mass is 10.1. The molecule has 1 aromatic carbocycles. The van der Waals surface area contributed by atoms with E-state index in [4.69, 9.17) is 5.11 Å². The summed E-state index contributed by atoms with van der Waals surface area (Å²) in [5.41, 5.74) is 0.399. The van der Waals surface area contributed by atoms with Crippen molar-refractivity contribution in [3.63, 3.8) is 0 Å². The lowest BCUT2D eigenvalue weighted by Crippen LogP contribution is -2.26. The molecule has 21 heavy (non-hydrogen) atoms. The van der Waals surface area contributed by atoms with E-state index in [1.807, 2.05) is 6.92 Å². The molecule has 0 bridgehead atoms. The van der Waals surface area contributed by atoms with Crippen molar-refractivity contribution in [2.45, 2.75) is 20.0 Å². The number of halogens is 2. The van der Waals surface area contributed by atoms with Crippen molar-refractivity contribution in [3.8, 4) is 5.75 Å². The van der Waals surface area contributed by atoms with E-state index in [1.54, 1.807) is 18.2 Å². The fourth-order valence-electron chi connectivity index (χ4n) is 1.64. The van der Waals surface area contributed by atoms with E-state index in [2.05, 4.69) is 10.1 Å². The topological polar surface area (TPSA) is 58.6 Å². The van der Waals surface area contributed by atoms with Gasteiger partial charge in [0.15, 0.2) is 0 Å². The van der Waals surface area contributed by atoms with Crippen molar-refractivity contribution < 1.29 is 23.4 Å². The summed E-state index contributed by atoms with van der Waals surface area (Å²) in [6.45, 7) is -0.483. The van der Waals surface area contributed by atoms with Crippen LogP contribution in [-0.2, 0) is 4.79 Å². The minimum atomic E-state index is -2.91. The van der Waals surface area contributed by atoms with Crippen LogP contribution in [0.15, 0.2) is 30.3 Å². The third-order valence-corrected chi connectivity index (χ3v) is 2.80. The predicted molar refractivity (Wildman–Crippen MR) is 76.0 cm³/mol. The van der Waals surface area contributed by atoms with Crippen LogP contribution in [0, 0.1) is 5.92 Å². The summed E-state index contributed by atoms with van der Waals surface area (Å²) < 4.78 is 28.8. The molecular formula is C15H19F2NO3. The number of hydrogen-bond donors (Lipinski definition) is 2. The Bertz CT molecular complexity index is 478. The van der Waals surface area contributed by atoms with E-state index >= 15 is 0 Å². The van der Waals surface area contributed by atoms with Crippen LogP contribution in [0.25, 0.3) is 6.08 Å². The van der Waals surface area contributed by atoms with E-state index in [0.717, 1.165) is 0 Å². The molecule has 116 valence electrons. The summed E-state index contributed by atoms with van der Waals surface area (Å²) in [5, 5.41) is 11.4. The molecule has 0 aromatic heterocycles. The normalized spacial score (nSPS) is 12.6. The number of benzene rings is 1. The van der Waals surface area contributed by atoms with Gasteiger partial charge in [-0.25, -0.2) is 0 Å². The molecule has 0 aliphatic heterocycles. The number of nitrogens with one attached hydrogen (secondary N) is 1. The van der Waals surface area contributed by atoms with Crippen molar-refractivity contribution in [1.29, 1.82) is 0 Å². The highest BCUT2D eigenvalue weighted by Crippen LogP contribution is 2.21. The zero-order valence-corrected chi connectivity index (χ0v) is 11.8. The molecule has 0 fully saturated rings. The molecule has 0 aliphatic rings. The van der Waals surface area contributed by atoms with Crippen molar-refractivity contribution >= 4 is 12.0 Å². The highest BCUT2D eigenvalue weighted by molar-refractivity contribution is 5.92. The van der Waals surface area contributed by atoms with Crippen LogP contribution in [0.3, 0.4) is 0 Å². The van der Waals surface area contributed by atoms with Crippen LogP contribution >= 0.6 is 0 Å². The van der Waals surface area contributed by atoms with Gasteiger partial charge in [0.2, 0.25) is 5.91 Å². The van der Waals surface area contributed by atoms with E-state index in [-0.39, 0.29) is 24.2 Å². The first-order chi connectivity index (χ1) is 10.0. The molecule has 6 heteroatoms. The number of aliphatic hydroxyl groups excluding tert-OH is 1. The number of ether oxygens (including phenoxy) is 1. The molecular weight excluding hydrogens is 280 g/mol. The Kier molecular flexibility index (Phi) is 7.39. The second-order valence-electron chi connectivity index (χ2n) is 4.61.